The topological polar surface area (TPSA) is 61.4 Å². The van der Waals surface area contributed by atoms with Crippen molar-refractivity contribution in [2.75, 3.05) is 30.3 Å². The number of likely N-dealkylation sites (tertiary alicyclic amines) is 1. The predicted molar refractivity (Wildman–Crippen MR) is 93.5 cm³/mol. The van der Waals surface area contributed by atoms with Crippen LogP contribution < -0.4 is 10.6 Å². The predicted octanol–water partition coefficient (Wildman–Crippen LogP) is 3.24. The van der Waals surface area contributed by atoms with Crippen LogP contribution in [0.5, 0.6) is 0 Å². The van der Waals surface area contributed by atoms with Gasteiger partial charge in [-0.05, 0) is 37.5 Å². The maximum atomic E-state index is 12.3. The molecule has 2 N–H and O–H groups in total. The number of benzene rings is 1. The van der Waals surface area contributed by atoms with Gasteiger partial charge in [-0.3, -0.25) is 9.59 Å². The second kappa shape index (κ2) is 9.18. The van der Waals surface area contributed by atoms with Crippen LogP contribution in [0, 0.1) is 0 Å². The van der Waals surface area contributed by atoms with Crippen molar-refractivity contribution in [3.63, 3.8) is 0 Å². The van der Waals surface area contributed by atoms with Crippen molar-refractivity contribution in [3.05, 3.63) is 24.3 Å². The van der Waals surface area contributed by atoms with Gasteiger partial charge in [-0.2, -0.15) is 0 Å². The smallest absolute Gasteiger partial charge is 0.241 e. The van der Waals surface area contributed by atoms with Gasteiger partial charge in [-0.25, -0.2) is 0 Å². The van der Waals surface area contributed by atoms with Crippen LogP contribution in [-0.2, 0) is 9.59 Å². The largest absolute Gasteiger partial charge is 0.376 e. The summed E-state index contributed by atoms with van der Waals surface area (Å²) < 4.78 is 0. The van der Waals surface area contributed by atoms with E-state index in [0.29, 0.717) is 13.0 Å². The Morgan fingerprint density at radius 2 is 1.78 bits per heavy atom. The van der Waals surface area contributed by atoms with Crippen molar-refractivity contribution < 1.29 is 9.59 Å². The Morgan fingerprint density at radius 1 is 1.09 bits per heavy atom. The molecule has 1 aliphatic rings. The summed E-state index contributed by atoms with van der Waals surface area (Å²) in [5, 5.41) is 6.03. The maximum Gasteiger partial charge on any atom is 0.241 e. The molecule has 0 bridgehead atoms. The Kier molecular flexibility index (Phi) is 6.91. The molecule has 1 aromatic carbocycles. The van der Waals surface area contributed by atoms with Gasteiger partial charge in [-0.1, -0.05) is 25.8 Å². The number of hydrogen-bond donors (Lipinski definition) is 2. The molecule has 1 fully saturated rings. The molecule has 0 aliphatic carbocycles. The molecule has 1 aromatic rings. The molecule has 1 aliphatic heterocycles. The summed E-state index contributed by atoms with van der Waals surface area (Å²) in [5.74, 6) is 0.164. The first-order valence-corrected chi connectivity index (χ1v) is 8.60. The molecule has 0 unspecified atom stereocenters. The van der Waals surface area contributed by atoms with Crippen molar-refractivity contribution in [3.8, 4) is 0 Å². The van der Waals surface area contributed by atoms with Gasteiger partial charge in [0.1, 0.15) is 0 Å². The second-order valence-corrected chi connectivity index (χ2v) is 6.03. The molecule has 2 amide bonds. The monoisotopic (exact) mass is 317 g/mol. The zero-order valence-corrected chi connectivity index (χ0v) is 13.9. The van der Waals surface area contributed by atoms with E-state index < -0.39 is 0 Å². The zero-order chi connectivity index (χ0) is 16.5. The molecule has 126 valence electrons. The molecule has 23 heavy (non-hydrogen) atoms. The van der Waals surface area contributed by atoms with E-state index in [0.717, 1.165) is 43.7 Å². The third-order valence-corrected chi connectivity index (χ3v) is 4.03. The number of nitrogens with one attached hydrogen (secondary N) is 2. The van der Waals surface area contributed by atoms with Gasteiger partial charge in [0.25, 0.3) is 0 Å². The summed E-state index contributed by atoms with van der Waals surface area (Å²) in [6, 6.07) is 7.50. The van der Waals surface area contributed by atoms with E-state index in [1.807, 2.05) is 36.1 Å². The van der Waals surface area contributed by atoms with Crippen molar-refractivity contribution >= 4 is 23.2 Å². The van der Waals surface area contributed by atoms with Crippen LogP contribution in [0.4, 0.5) is 11.4 Å². The van der Waals surface area contributed by atoms with E-state index in [1.54, 1.807) is 0 Å². The van der Waals surface area contributed by atoms with Crippen LogP contribution in [0.25, 0.3) is 0 Å². The first-order valence-electron chi connectivity index (χ1n) is 8.60. The van der Waals surface area contributed by atoms with Crippen LogP contribution in [0.3, 0.4) is 0 Å². The number of anilines is 2. The van der Waals surface area contributed by atoms with Crippen LogP contribution in [-0.4, -0.2) is 36.3 Å². The Hall–Kier alpha value is -2.04. The standard InChI is InChI=1S/C18H27N3O2/c1-2-8-17(22)20-16-10-7-9-15(13-16)19-14-18(23)21-11-5-3-4-6-12-21/h7,9-10,13,19H,2-6,8,11-12,14H2,1H3,(H,20,22). The lowest BCUT2D eigenvalue weighted by Gasteiger charge is -2.20. The fraction of sp³-hybridized carbons (Fsp3) is 0.556. The number of hydrogen-bond acceptors (Lipinski definition) is 3. The molecule has 0 radical (unpaired) electrons. The van der Waals surface area contributed by atoms with Crippen molar-refractivity contribution in [1.29, 1.82) is 0 Å². The third-order valence-electron chi connectivity index (χ3n) is 4.03. The van der Waals surface area contributed by atoms with E-state index in [-0.39, 0.29) is 11.8 Å². The van der Waals surface area contributed by atoms with Gasteiger partial charge in [0, 0.05) is 30.9 Å². The number of rotatable bonds is 6. The summed E-state index contributed by atoms with van der Waals surface area (Å²) in [6.07, 6.45) is 5.99. The summed E-state index contributed by atoms with van der Waals surface area (Å²) >= 11 is 0. The van der Waals surface area contributed by atoms with Crippen LogP contribution in [0.15, 0.2) is 24.3 Å². The summed E-state index contributed by atoms with van der Waals surface area (Å²) in [5.41, 5.74) is 1.61. The lowest BCUT2D eigenvalue weighted by atomic mass is 10.2. The molecule has 5 nitrogen and oxygen atoms in total. The summed E-state index contributed by atoms with van der Waals surface area (Å²) in [6.45, 7) is 4.01. The van der Waals surface area contributed by atoms with Crippen LogP contribution >= 0.6 is 0 Å². The minimum Gasteiger partial charge on any atom is -0.376 e. The highest BCUT2D eigenvalue weighted by Gasteiger charge is 2.14. The van der Waals surface area contributed by atoms with Gasteiger partial charge in [-0.15, -0.1) is 0 Å². The molecule has 1 saturated heterocycles. The van der Waals surface area contributed by atoms with Crippen molar-refractivity contribution in [2.45, 2.75) is 45.4 Å². The fourth-order valence-corrected chi connectivity index (χ4v) is 2.77. The average Bonchev–Trinajstić information content (AvgIpc) is 2.82. The normalized spacial score (nSPS) is 14.9. The molecule has 0 saturated carbocycles. The minimum atomic E-state index is 0.0188. The molecular weight excluding hydrogens is 290 g/mol. The van der Waals surface area contributed by atoms with Gasteiger partial charge >= 0.3 is 0 Å². The fourth-order valence-electron chi connectivity index (χ4n) is 2.77. The highest BCUT2D eigenvalue weighted by Crippen LogP contribution is 2.16. The van der Waals surface area contributed by atoms with Gasteiger partial charge < -0.3 is 15.5 Å². The first-order chi connectivity index (χ1) is 11.2. The zero-order valence-electron chi connectivity index (χ0n) is 13.9. The Balaban J connectivity index is 1.85. The SMILES string of the molecule is CCCC(=O)Nc1cccc(NCC(=O)N2CCCCCC2)c1. The average molecular weight is 317 g/mol. The quantitative estimate of drug-likeness (QED) is 0.846. The van der Waals surface area contributed by atoms with Crippen LogP contribution in [0.1, 0.15) is 45.4 Å². The molecule has 0 aromatic heterocycles. The molecule has 1 heterocycles. The Morgan fingerprint density at radius 3 is 2.48 bits per heavy atom. The van der Waals surface area contributed by atoms with Gasteiger partial charge in [0.2, 0.25) is 11.8 Å². The maximum absolute atomic E-state index is 12.3. The molecule has 2 rings (SSSR count). The van der Waals surface area contributed by atoms with Gasteiger partial charge in [0.05, 0.1) is 6.54 Å². The van der Waals surface area contributed by atoms with E-state index in [2.05, 4.69) is 10.6 Å². The number of carbonyl (C=O) groups is 2. The Labute approximate surface area is 138 Å². The highest BCUT2D eigenvalue weighted by atomic mass is 16.2. The molecule has 0 spiro atoms. The van der Waals surface area contributed by atoms with E-state index in [4.69, 9.17) is 0 Å². The van der Waals surface area contributed by atoms with E-state index in [9.17, 15) is 9.59 Å². The summed E-state index contributed by atoms with van der Waals surface area (Å²) in [4.78, 5) is 25.9. The third kappa shape index (κ3) is 5.93. The molecular formula is C18H27N3O2. The van der Waals surface area contributed by atoms with E-state index >= 15 is 0 Å². The molecule has 0 atom stereocenters. The molecule has 5 heteroatoms. The minimum absolute atomic E-state index is 0.0188. The van der Waals surface area contributed by atoms with Crippen molar-refractivity contribution in [2.24, 2.45) is 0 Å². The Bertz CT molecular complexity index is 523. The van der Waals surface area contributed by atoms with E-state index in [1.165, 1.54) is 12.8 Å². The number of nitrogens with zero attached hydrogens (tertiary/aromatic N) is 1. The number of carbonyl (C=O) groups excluding carboxylic acids is 2. The number of amides is 2. The van der Waals surface area contributed by atoms with Crippen LogP contribution in [0.2, 0.25) is 0 Å². The lowest BCUT2D eigenvalue weighted by molar-refractivity contribution is -0.129. The highest BCUT2D eigenvalue weighted by molar-refractivity contribution is 5.91. The lowest BCUT2D eigenvalue weighted by Crippen LogP contribution is -2.36. The summed E-state index contributed by atoms with van der Waals surface area (Å²) in [7, 11) is 0. The first kappa shape index (κ1) is 17.3. The van der Waals surface area contributed by atoms with Gasteiger partial charge in [0.15, 0.2) is 0 Å². The second-order valence-electron chi connectivity index (χ2n) is 6.03. The van der Waals surface area contributed by atoms with Crippen molar-refractivity contribution in [1.82, 2.24) is 4.90 Å².